The molecular formula is C19H36N4O2. The molecule has 1 heterocycles. The summed E-state index contributed by atoms with van der Waals surface area (Å²) in [5.74, 6) is 0.843. The molecule has 1 aliphatic carbocycles. The standard InChI is InChI=1S/C19H36N4O2/c1-5-20-19(21-11-13-23(15(3)4)17-9-10-17)22-12-7-8-16(14-22)18(24)25-6-2/h15-17H,5-14H2,1-4H3,(H,20,21). The number of hydrogen-bond acceptors (Lipinski definition) is 4. The Bertz CT molecular complexity index is 447. The molecule has 25 heavy (non-hydrogen) atoms. The third-order valence-electron chi connectivity index (χ3n) is 4.97. The number of guanidine groups is 1. The minimum atomic E-state index is -0.0669. The lowest BCUT2D eigenvalue weighted by atomic mass is 9.98. The molecule has 144 valence electrons. The molecular weight excluding hydrogens is 316 g/mol. The van der Waals surface area contributed by atoms with Crippen LogP contribution >= 0.6 is 0 Å². The summed E-state index contributed by atoms with van der Waals surface area (Å²) < 4.78 is 5.21. The zero-order valence-corrected chi connectivity index (χ0v) is 16.5. The first-order chi connectivity index (χ1) is 12.1. The van der Waals surface area contributed by atoms with Gasteiger partial charge in [-0.05, 0) is 53.4 Å². The van der Waals surface area contributed by atoms with Crippen LogP contribution in [0, 0.1) is 5.92 Å². The van der Waals surface area contributed by atoms with Crippen LogP contribution in [0.25, 0.3) is 0 Å². The fraction of sp³-hybridized carbons (Fsp3) is 0.895. The minimum Gasteiger partial charge on any atom is -0.466 e. The van der Waals surface area contributed by atoms with Gasteiger partial charge in [-0.1, -0.05) is 0 Å². The lowest BCUT2D eigenvalue weighted by Crippen LogP contribution is -2.48. The SMILES string of the molecule is CCNC(=NCCN(C(C)C)C1CC1)N1CCCC(C(=O)OCC)C1. The van der Waals surface area contributed by atoms with Crippen molar-refractivity contribution in [3.05, 3.63) is 0 Å². The molecule has 1 saturated carbocycles. The molecule has 0 aromatic carbocycles. The highest BCUT2D eigenvalue weighted by molar-refractivity contribution is 5.81. The molecule has 0 aromatic rings. The Balaban J connectivity index is 1.92. The zero-order chi connectivity index (χ0) is 18.2. The molecule has 0 radical (unpaired) electrons. The number of nitrogens with one attached hydrogen (secondary N) is 1. The van der Waals surface area contributed by atoms with Crippen molar-refractivity contribution in [2.24, 2.45) is 10.9 Å². The van der Waals surface area contributed by atoms with Gasteiger partial charge in [0.1, 0.15) is 0 Å². The van der Waals surface area contributed by atoms with Gasteiger partial charge in [-0.3, -0.25) is 14.7 Å². The summed E-state index contributed by atoms with van der Waals surface area (Å²) in [6.07, 6.45) is 4.58. The van der Waals surface area contributed by atoms with E-state index in [1.54, 1.807) is 0 Å². The summed E-state index contributed by atoms with van der Waals surface area (Å²) in [4.78, 5) is 21.7. The number of likely N-dealkylation sites (tertiary alicyclic amines) is 1. The quantitative estimate of drug-likeness (QED) is 0.412. The van der Waals surface area contributed by atoms with E-state index in [9.17, 15) is 4.79 Å². The molecule has 0 bridgehead atoms. The van der Waals surface area contributed by atoms with Crippen LogP contribution in [0.15, 0.2) is 4.99 Å². The van der Waals surface area contributed by atoms with Crippen molar-refractivity contribution < 1.29 is 9.53 Å². The van der Waals surface area contributed by atoms with E-state index in [2.05, 4.69) is 35.9 Å². The molecule has 6 heteroatoms. The van der Waals surface area contributed by atoms with E-state index < -0.39 is 0 Å². The number of rotatable bonds is 8. The molecule has 6 nitrogen and oxygen atoms in total. The van der Waals surface area contributed by atoms with Crippen molar-refractivity contribution in [2.45, 2.75) is 65.5 Å². The molecule has 2 fully saturated rings. The summed E-state index contributed by atoms with van der Waals surface area (Å²) >= 11 is 0. The van der Waals surface area contributed by atoms with Gasteiger partial charge in [0, 0.05) is 38.3 Å². The third-order valence-corrected chi connectivity index (χ3v) is 4.97. The summed E-state index contributed by atoms with van der Waals surface area (Å²) in [6.45, 7) is 13.3. The minimum absolute atomic E-state index is 0.0313. The predicted molar refractivity (Wildman–Crippen MR) is 102 cm³/mol. The van der Waals surface area contributed by atoms with Crippen LogP contribution in [0.3, 0.4) is 0 Å². The molecule has 0 amide bonds. The molecule has 1 atom stereocenters. The van der Waals surface area contributed by atoms with E-state index in [-0.39, 0.29) is 11.9 Å². The van der Waals surface area contributed by atoms with Crippen LogP contribution in [-0.2, 0) is 9.53 Å². The topological polar surface area (TPSA) is 57.2 Å². The van der Waals surface area contributed by atoms with Crippen molar-refractivity contribution in [3.8, 4) is 0 Å². The van der Waals surface area contributed by atoms with E-state index in [0.29, 0.717) is 19.2 Å². The van der Waals surface area contributed by atoms with E-state index in [1.165, 1.54) is 12.8 Å². The molecule has 2 aliphatic rings. The van der Waals surface area contributed by atoms with Gasteiger partial charge in [0.2, 0.25) is 0 Å². The van der Waals surface area contributed by atoms with Crippen LogP contribution in [0.5, 0.6) is 0 Å². The van der Waals surface area contributed by atoms with Gasteiger partial charge in [0.15, 0.2) is 5.96 Å². The van der Waals surface area contributed by atoms with Crippen molar-refractivity contribution in [1.29, 1.82) is 0 Å². The van der Waals surface area contributed by atoms with Gasteiger partial charge in [0.05, 0.1) is 19.1 Å². The number of aliphatic imine (C=N–C) groups is 1. The Morgan fingerprint density at radius 1 is 1.32 bits per heavy atom. The van der Waals surface area contributed by atoms with Gasteiger partial charge in [-0.15, -0.1) is 0 Å². The van der Waals surface area contributed by atoms with Crippen molar-refractivity contribution >= 4 is 11.9 Å². The lowest BCUT2D eigenvalue weighted by molar-refractivity contribution is -0.149. The van der Waals surface area contributed by atoms with Gasteiger partial charge in [-0.2, -0.15) is 0 Å². The second-order valence-electron chi connectivity index (χ2n) is 7.34. The number of carbonyl (C=O) groups excluding carboxylic acids is 1. The summed E-state index contributed by atoms with van der Waals surface area (Å²) in [5, 5.41) is 3.40. The van der Waals surface area contributed by atoms with Crippen molar-refractivity contribution in [3.63, 3.8) is 0 Å². The molecule has 2 rings (SSSR count). The second kappa shape index (κ2) is 10.00. The summed E-state index contributed by atoms with van der Waals surface area (Å²) in [6, 6.07) is 1.34. The van der Waals surface area contributed by atoms with E-state index >= 15 is 0 Å². The fourth-order valence-electron chi connectivity index (χ4n) is 3.59. The van der Waals surface area contributed by atoms with Crippen LogP contribution < -0.4 is 5.32 Å². The zero-order valence-electron chi connectivity index (χ0n) is 16.5. The molecule has 1 N–H and O–H groups in total. The highest BCUT2D eigenvalue weighted by Gasteiger charge is 2.31. The Morgan fingerprint density at radius 3 is 2.68 bits per heavy atom. The van der Waals surface area contributed by atoms with Crippen molar-refractivity contribution in [1.82, 2.24) is 15.1 Å². The lowest BCUT2D eigenvalue weighted by Gasteiger charge is -2.34. The third kappa shape index (κ3) is 6.17. The Morgan fingerprint density at radius 2 is 2.08 bits per heavy atom. The molecule has 0 spiro atoms. The maximum atomic E-state index is 12.1. The Labute approximate surface area is 153 Å². The highest BCUT2D eigenvalue weighted by atomic mass is 16.5. The van der Waals surface area contributed by atoms with Gasteiger partial charge < -0.3 is 15.0 Å². The van der Waals surface area contributed by atoms with Crippen LogP contribution in [0.1, 0.15) is 53.4 Å². The Kier molecular flexibility index (Phi) is 8.00. The number of piperidine rings is 1. The van der Waals surface area contributed by atoms with E-state index in [1.807, 2.05) is 6.92 Å². The first kappa shape index (κ1) is 20.0. The van der Waals surface area contributed by atoms with Crippen LogP contribution in [0.4, 0.5) is 0 Å². The van der Waals surface area contributed by atoms with Gasteiger partial charge in [0.25, 0.3) is 0 Å². The Hall–Kier alpha value is -1.30. The number of nitrogens with zero attached hydrogens (tertiary/aromatic N) is 3. The van der Waals surface area contributed by atoms with E-state index in [0.717, 1.165) is 51.0 Å². The molecule has 1 unspecified atom stereocenters. The number of esters is 1. The molecule has 0 aromatic heterocycles. The monoisotopic (exact) mass is 352 g/mol. The normalized spacial score (nSPS) is 21.8. The smallest absolute Gasteiger partial charge is 0.310 e. The summed E-state index contributed by atoms with van der Waals surface area (Å²) in [5.41, 5.74) is 0. The van der Waals surface area contributed by atoms with Gasteiger partial charge >= 0.3 is 5.97 Å². The number of carbonyl (C=O) groups is 1. The fourth-order valence-corrected chi connectivity index (χ4v) is 3.59. The maximum absolute atomic E-state index is 12.1. The molecule has 1 aliphatic heterocycles. The average Bonchev–Trinajstić information content (AvgIpc) is 3.42. The van der Waals surface area contributed by atoms with E-state index in [4.69, 9.17) is 9.73 Å². The highest BCUT2D eigenvalue weighted by Crippen LogP contribution is 2.28. The number of hydrogen-bond donors (Lipinski definition) is 1. The second-order valence-corrected chi connectivity index (χ2v) is 7.34. The number of ether oxygens (including phenoxy) is 1. The molecule has 1 saturated heterocycles. The maximum Gasteiger partial charge on any atom is 0.310 e. The summed E-state index contributed by atoms with van der Waals surface area (Å²) in [7, 11) is 0. The predicted octanol–water partition coefficient (Wildman–Crippen LogP) is 2.10. The van der Waals surface area contributed by atoms with Crippen LogP contribution in [-0.4, -0.2) is 73.1 Å². The van der Waals surface area contributed by atoms with Gasteiger partial charge in [-0.25, -0.2) is 0 Å². The first-order valence-electron chi connectivity index (χ1n) is 10.0. The van der Waals surface area contributed by atoms with Crippen LogP contribution in [0.2, 0.25) is 0 Å². The van der Waals surface area contributed by atoms with Crippen molar-refractivity contribution in [2.75, 3.05) is 39.3 Å². The first-order valence-corrected chi connectivity index (χ1v) is 10.0. The largest absolute Gasteiger partial charge is 0.466 e. The average molecular weight is 353 g/mol.